The van der Waals surface area contributed by atoms with Gasteiger partial charge in [-0.3, -0.25) is 4.79 Å². The minimum Gasteiger partial charge on any atom is -0.423 e. The van der Waals surface area contributed by atoms with Crippen LogP contribution in [-0.4, -0.2) is 17.9 Å². The van der Waals surface area contributed by atoms with E-state index in [1.165, 1.54) is 19.1 Å². The fourth-order valence-electron chi connectivity index (χ4n) is 1.45. The number of hydrogen-bond donors (Lipinski definition) is 1. The predicted octanol–water partition coefficient (Wildman–Crippen LogP) is 3.06. The lowest BCUT2D eigenvalue weighted by atomic mass is 10.0. The molecule has 1 amide bonds. The maximum atomic E-state index is 12.0. The Bertz CT molecular complexity index is 489. The molecule has 0 radical (unpaired) electrons. The molecule has 1 aromatic carbocycles. The van der Waals surface area contributed by atoms with Crippen LogP contribution in [0.15, 0.2) is 18.2 Å². The summed E-state index contributed by atoms with van der Waals surface area (Å²) >= 11 is 11.7. The van der Waals surface area contributed by atoms with Crippen molar-refractivity contribution in [3.63, 3.8) is 0 Å². The number of esters is 1. The van der Waals surface area contributed by atoms with Crippen LogP contribution in [0.1, 0.15) is 20.8 Å². The van der Waals surface area contributed by atoms with Gasteiger partial charge in [0, 0.05) is 11.9 Å². The molecule has 0 bridgehead atoms. The number of carbonyl (C=O) groups excluding carboxylic acids is 2. The highest BCUT2D eigenvalue weighted by molar-refractivity contribution is 6.35. The van der Waals surface area contributed by atoms with Gasteiger partial charge in [0.2, 0.25) is 5.91 Å². The van der Waals surface area contributed by atoms with Crippen LogP contribution in [0.4, 0.5) is 0 Å². The smallest absolute Gasteiger partial charge is 0.334 e. The van der Waals surface area contributed by atoms with Gasteiger partial charge in [-0.1, -0.05) is 37.0 Å². The molecular weight excluding hydrogens is 289 g/mol. The number of hydrogen-bond acceptors (Lipinski definition) is 3. The van der Waals surface area contributed by atoms with Gasteiger partial charge >= 0.3 is 5.97 Å². The Hall–Kier alpha value is -1.26. The SMILES string of the molecule is CC(=O)NC(C(=O)Oc1ccc(Cl)cc1Cl)C(C)C. The quantitative estimate of drug-likeness (QED) is 0.687. The summed E-state index contributed by atoms with van der Waals surface area (Å²) in [7, 11) is 0. The van der Waals surface area contributed by atoms with Gasteiger partial charge in [-0.15, -0.1) is 0 Å². The number of amides is 1. The Morgan fingerprint density at radius 3 is 2.37 bits per heavy atom. The topological polar surface area (TPSA) is 55.4 Å². The fraction of sp³-hybridized carbons (Fsp3) is 0.385. The molecule has 0 heterocycles. The molecule has 1 unspecified atom stereocenters. The molecule has 0 aliphatic carbocycles. The standard InChI is InChI=1S/C13H15Cl2NO3/c1-7(2)12(16-8(3)17)13(18)19-11-5-4-9(14)6-10(11)15/h4-7,12H,1-3H3,(H,16,17). The first-order valence-corrected chi connectivity index (χ1v) is 6.50. The first kappa shape index (κ1) is 15.8. The monoisotopic (exact) mass is 303 g/mol. The van der Waals surface area contributed by atoms with E-state index in [1.54, 1.807) is 6.07 Å². The summed E-state index contributed by atoms with van der Waals surface area (Å²) in [5.74, 6) is -0.734. The first-order valence-electron chi connectivity index (χ1n) is 5.75. The van der Waals surface area contributed by atoms with Gasteiger partial charge in [0.1, 0.15) is 11.8 Å². The van der Waals surface area contributed by atoms with Gasteiger partial charge in [-0.05, 0) is 24.1 Å². The molecule has 4 nitrogen and oxygen atoms in total. The van der Waals surface area contributed by atoms with E-state index in [9.17, 15) is 9.59 Å². The van der Waals surface area contributed by atoms with E-state index in [0.717, 1.165) is 0 Å². The second kappa shape index (κ2) is 6.78. The molecule has 104 valence electrons. The summed E-state index contributed by atoms with van der Waals surface area (Å²) in [5.41, 5.74) is 0. The molecule has 6 heteroatoms. The van der Waals surface area contributed by atoms with E-state index in [4.69, 9.17) is 27.9 Å². The van der Waals surface area contributed by atoms with Crippen molar-refractivity contribution in [2.45, 2.75) is 26.8 Å². The summed E-state index contributed by atoms with van der Waals surface area (Å²) < 4.78 is 5.18. The molecule has 19 heavy (non-hydrogen) atoms. The summed E-state index contributed by atoms with van der Waals surface area (Å²) in [6, 6.07) is 3.84. The average Bonchev–Trinajstić information content (AvgIpc) is 2.29. The average molecular weight is 304 g/mol. The van der Waals surface area contributed by atoms with E-state index < -0.39 is 12.0 Å². The number of rotatable bonds is 4. The number of ether oxygens (including phenoxy) is 1. The zero-order chi connectivity index (χ0) is 14.6. The van der Waals surface area contributed by atoms with Crippen LogP contribution < -0.4 is 10.1 Å². The molecule has 0 aliphatic rings. The molecule has 0 spiro atoms. The summed E-state index contributed by atoms with van der Waals surface area (Å²) in [6.45, 7) is 4.97. The summed E-state index contributed by atoms with van der Waals surface area (Å²) in [4.78, 5) is 23.1. The van der Waals surface area contributed by atoms with Gasteiger partial charge in [-0.25, -0.2) is 4.79 Å². The maximum Gasteiger partial charge on any atom is 0.334 e. The highest BCUT2D eigenvalue weighted by atomic mass is 35.5. The molecule has 1 rings (SSSR count). The van der Waals surface area contributed by atoms with Crippen LogP contribution in [0, 0.1) is 5.92 Å². The maximum absolute atomic E-state index is 12.0. The number of nitrogens with one attached hydrogen (secondary N) is 1. The Morgan fingerprint density at radius 1 is 1.26 bits per heavy atom. The van der Waals surface area contributed by atoms with Crippen LogP contribution in [0.5, 0.6) is 5.75 Å². The van der Waals surface area contributed by atoms with E-state index >= 15 is 0 Å². The minimum absolute atomic E-state index is 0.0949. The van der Waals surface area contributed by atoms with Crippen LogP contribution >= 0.6 is 23.2 Å². The lowest BCUT2D eigenvalue weighted by molar-refractivity contribution is -0.140. The predicted molar refractivity (Wildman–Crippen MR) is 74.5 cm³/mol. The fourth-order valence-corrected chi connectivity index (χ4v) is 1.89. The second-order valence-corrected chi connectivity index (χ2v) is 5.26. The van der Waals surface area contributed by atoms with Crippen molar-refractivity contribution in [2.24, 2.45) is 5.92 Å². The summed E-state index contributed by atoms with van der Waals surface area (Å²) in [6.07, 6.45) is 0. The van der Waals surface area contributed by atoms with Crippen molar-refractivity contribution in [1.29, 1.82) is 0 Å². The van der Waals surface area contributed by atoms with Crippen LogP contribution in [0.25, 0.3) is 0 Å². The normalized spacial score (nSPS) is 12.1. The number of halogens is 2. The molecule has 1 aromatic rings. The van der Waals surface area contributed by atoms with Crippen molar-refractivity contribution in [3.8, 4) is 5.75 Å². The first-order chi connectivity index (χ1) is 8.81. The van der Waals surface area contributed by atoms with E-state index in [0.29, 0.717) is 5.02 Å². The van der Waals surface area contributed by atoms with E-state index in [1.807, 2.05) is 13.8 Å². The van der Waals surface area contributed by atoms with Gasteiger partial charge < -0.3 is 10.1 Å². The highest BCUT2D eigenvalue weighted by Gasteiger charge is 2.25. The van der Waals surface area contributed by atoms with Crippen LogP contribution in [0.2, 0.25) is 10.0 Å². The number of benzene rings is 1. The molecule has 0 saturated heterocycles. The van der Waals surface area contributed by atoms with Gasteiger partial charge in [0.25, 0.3) is 0 Å². The second-order valence-electron chi connectivity index (χ2n) is 4.42. The van der Waals surface area contributed by atoms with Gasteiger partial charge in [0.05, 0.1) is 5.02 Å². The largest absolute Gasteiger partial charge is 0.423 e. The minimum atomic E-state index is -0.718. The van der Waals surface area contributed by atoms with Crippen molar-refractivity contribution >= 4 is 35.1 Å². The summed E-state index contributed by atoms with van der Waals surface area (Å²) in [5, 5.41) is 3.24. The molecule has 0 fully saturated rings. The third-order valence-corrected chi connectivity index (χ3v) is 2.91. The molecule has 1 N–H and O–H groups in total. The third kappa shape index (κ3) is 4.73. The van der Waals surface area contributed by atoms with Crippen LogP contribution in [0.3, 0.4) is 0 Å². The van der Waals surface area contributed by atoms with Crippen molar-refractivity contribution in [2.75, 3.05) is 0 Å². The Morgan fingerprint density at radius 2 is 1.89 bits per heavy atom. The van der Waals surface area contributed by atoms with Crippen molar-refractivity contribution in [1.82, 2.24) is 5.32 Å². The van der Waals surface area contributed by atoms with Crippen molar-refractivity contribution < 1.29 is 14.3 Å². The van der Waals surface area contributed by atoms with Crippen LogP contribution in [-0.2, 0) is 9.59 Å². The lowest BCUT2D eigenvalue weighted by Gasteiger charge is -2.20. The third-order valence-electron chi connectivity index (χ3n) is 2.38. The van der Waals surface area contributed by atoms with E-state index in [-0.39, 0.29) is 22.6 Å². The Balaban J connectivity index is 2.84. The zero-order valence-electron chi connectivity index (χ0n) is 10.9. The van der Waals surface area contributed by atoms with Gasteiger partial charge in [0.15, 0.2) is 0 Å². The molecule has 1 atom stereocenters. The molecule has 0 saturated carbocycles. The zero-order valence-corrected chi connectivity index (χ0v) is 12.4. The molecule has 0 aliphatic heterocycles. The van der Waals surface area contributed by atoms with Gasteiger partial charge in [-0.2, -0.15) is 0 Å². The Labute approximate surface area is 122 Å². The van der Waals surface area contributed by atoms with E-state index in [2.05, 4.69) is 5.32 Å². The molecular formula is C13H15Cl2NO3. The highest BCUT2D eigenvalue weighted by Crippen LogP contribution is 2.28. The number of carbonyl (C=O) groups is 2. The lowest BCUT2D eigenvalue weighted by Crippen LogP contribution is -2.45. The molecule has 0 aromatic heterocycles. The van der Waals surface area contributed by atoms with Crippen molar-refractivity contribution in [3.05, 3.63) is 28.2 Å². The Kier molecular flexibility index (Phi) is 5.63.